The molecule has 1 N–H and O–H groups in total. The number of ether oxygens (including phenoxy) is 1. The maximum absolute atomic E-state index is 5.31. The number of nitrogens with zero attached hydrogens (tertiary/aromatic N) is 2. The Bertz CT molecular complexity index is 831. The van der Waals surface area contributed by atoms with E-state index < -0.39 is 0 Å². The number of rotatable bonds is 3. The summed E-state index contributed by atoms with van der Waals surface area (Å²) in [5.74, 6) is 0.834. The van der Waals surface area contributed by atoms with E-state index in [-0.39, 0.29) is 4.87 Å². The molecule has 2 aliphatic heterocycles. The zero-order valence-electron chi connectivity index (χ0n) is 13.0. The summed E-state index contributed by atoms with van der Waals surface area (Å²) < 4.78 is 5.31. The third-order valence-corrected chi connectivity index (χ3v) is 5.41. The lowest BCUT2D eigenvalue weighted by Crippen LogP contribution is -2.32. The van der Waals surface area contributed by atoms with Crippen molar-refractivity contribution in [1.82, 2.24) is 5.43 Å². The van der Waals surface area contributed by atoms with Crippen molar-refractivity contribution in [2.24, 2.45) is 10.1 Å². The Labute approximate surface area is 139 Å². The zero-order chi connectivity index (χ0) is 15.9. The summed E-state index contributed by atoms with van der Waals surface area (Å²) >= 11 is 1.69. The minimum atomic E-state index is -0.390. The summed E-state index contributed by atoms with van der Waals surface area (Å²) in [7, 11) is 1.68. The fourth-order valence-electron chi connectivity index (χ4n) is 2.83. The minimum absolute atomic E-state index is 0.390. The van der Waals surface area contributed by atoms with Gasteiger partial charge in [0.05, 0.1) is 12.8 Å². The average molecular weight is 323 g/mol. The number of fused-ring (bicyclic) bond motifs is 2. The zero-order valence-corrected chi connectivity index (χ0v) is 13.9. The highest BCUT2D eigenvalue weighted by molar-refractivity contribution is 8.16. The molecule has 1 atom stereocenters. The van der Waals surface area contributed by atoms with Crippen molar-refractivity contribution in [3.8, 4) is 5.75 Å². The first kappa shape index (κ1) is 14.3. The first-order valence-electron chi connectivity index (χ1n) is 7.61. The standard InChI is InChI=1S/C18H17N3OS/c1-3-12-7-8-16-15(9-12)18(11-19-16)21-20-17(23-18)13-5-4-6-14(10-13)22-2/h4-11,21H,3H2,1-2H3. The molecule has 5 heteroatoms. The van der Waals surface area contributed by atoms with Gasteiger partial charge in [0.1, 0.15) is 10.8 Å². The van der Waals surface area contributed by atoms with E-state index in [1.54, 1.807) is 18.9 Å². The minimum Gasteiger partial charge on any atom is -0.497 e. The lowest BCUT2D eigenvalue weighted by atomic mass is 10.0. The molecule has 0 fully saturated rings. The molecule has 0 aromatic heterocycles. The molecule has 0 aliphatic carbocycles. The van der Waals surface area contributed by atoms with Crippen LogP contribution in [0.5, 0.6) is 5.75 Å². The Morgan fingerprint density at radius 2 is 2.13 bits per heavy atom. The van der Waals surface area contributed by atoms with Crippen molar-refractivity contribution in [3.05, 3.63) is 59.2 Å². The van der Waals surface area contributed by atoms with Gasteiger partial charge in [-0.15, -0.1) is 0 Å². The fourth-order valence-corrected chi connectivity index (χ4v) is 3.94. The second kappa shape index (κ2) is 5.42. The molecule has 0 bridgehead atoms. The van der Waals surface area contributed by atoms with Crippen LogP contribution in [0.15, 0.2) is 52.6 Å². The third-order valence-electron chi connectivity index (χ3n) is 4.15. The van der Waals surface area contributed by atoms with Gasteiger partial charge in [-0.3, -0.25) is 10.4 Å². The van der Waals surface area contributed by atoms with Gasteiger partial charge in [-0.25, -0.2) is 0 Å². The molecule has 2 aliphatic rings. The van der Waals surface area contributed by atoms with Crippen LogP contribution in [0.25, 0.3) is 0 Å². The molecular weight excluding hydrogens is 306 g/mol. The highest BCUT2D eigenvalue weighted by atomic mass is 32.2. The number of methoxy groups -OCH3 is 1. The van der Waals surface area contributed by atoms with E-state index >= 15 is 0 Å². The summed E-state index contributed by atoms with van der Waals surface area (Å²) in [4.78, 5) is 4.18. The largest absolute Gasteiger partial charge is 0.497 e. The molecule has 4 rings (SSSR count). The Morgan fingerprint density at radius 3 is 2.96 bits per heavy atom. The van der Waals surface area contributed by atoms with E-state index in [2.05, 4.69) is 40.6 Å². The van der Waals surface area contributed by atoms with Gasteiger partial charge in [-0.2, -0.15) is 5.10 Å². The van der Waals surface area contributed by atoms with E-state index in [1.165, 1.54) is 11.1 Å². The molecular formula is C18H17N3OS. The third kappa shape index (κ3) is 2.32. The molecule has 116 valence electrons. The molecule has 2 aromatic carbocycles. The van der Waals surface area contributed by atoms with Crippen LogP contribution in [0.1, 0.15) is 23.6 Å². The van der Waals surface area contributed by atoms with Crippen molar-refractivity contribution in [2.45, 2.75) is 18.2 Å². The van der Waals surface area contributed by atoms with E-state index in [0.29, 0.717) is 0 Å². The van der Waals surface area contributed by atoms with Crippen LogP contribution in [0.4, 0.5) is 5.69 Å². The molecule has 2 heterocycles. The normalized spacial score (nSPS) is 21.2. The lowest BCUT2D eigenvalue weighted by Gasteiger charge is -2.20. The molecule has 0 amide bonds. The predicted octanol–water partition coefficient (Wildman–Crippen LogP) is 3.82. The van der Waals surface area contributed by atoms with Gasteiger partial charge >= 0.3 is 0 Å². The molecule has 1 spiro atoms. The first-order valence-corrected chi connectivity index (χ1v) is 8.42. The predicted molar refractivity (Wildman–Crippen MR) is 95.9 cm³/mol. The lowest BCUT2D eigenvalue weighted by molar-refractivity contribution is 0.414. The maximum Gasteiger partial charge on any atom is 0.168 e. The topological polar surface area (TPSA) is 46.0 Å². The highest BCUT2D eigenvalue weighted by Crippen LogP contribution is 2.47. The second-order valence-electron chi connectivity index (χ2n) is 5.56. The van der Waals surface area contributed by atoms with Gasteiger partial charge in [-0.05, 0) is 36.2 Å². The van der Waals surface area contributed by atoms with Crippen molar-refractivity contribution < 1.29 is 4.74 Å². The highest BCUT2D eigenvalue weighted by Gasteiger charge is 2.42. The molecule has 2 aromatic rings. The summed E-state index contributed by atoms with van der Waals surface area (Å²) in [6.45, 7) is 2.16. The van der Waals surface area contributed by atoms with Crippen molar-refractivity contribution in [1.29, 1.82) is 0 Å². The number of thioether (sulfide) groups is 1. The second-order valence-corrected chi connectivity index (χ2v) is 6.80. The molecule has 23 heavy (non-hydrogen) atoms. The van der Waals surface area contributed by atoms with Crippen molar-refractivity contribution in [3.63, 3.8) is 0 Å². The van der Waals surface area contributed by atoms with E-state index in [1.807, 2.05) is 30.5 Å². The van der Waals surface area contributed by atoms with Gasteiger partial charge in [-0.1, -0.05) is 36.9 Å². The quantitative estimate of drug-likeness (QED) is 0.934. The van der Waals surface area contributed by atoms with Gasteiger partial charge in [0, 0.05) is 17.3 Å². The van der Waals surface area contributed by atoms with Gasteiger partial charge < -0.3 is 4.74 Å². The van der Waals surface area contributed by atoms with Gasteiger partial charge in [0.15, 0.2) is 4.87 Å². The molecule has 0 radical (unpaired) electrons. The van der Waals surface area contributed by atoms with Crippen LogP contribution < -0.4 is 10.2 Å². The Balaban J connectivity index is 1.67. The van der Waals surface area contributed by atoms with Crippen LogP contribution in [0.3, 0.4) is 0 Å². The van der Waals surface area contributed by atoms with Crippen molar-refractivity contribution >= 4 is 28.7 Å². The van der Waals surface area contributed by atoms with Crippen molar-refractivity contribution in [2.75, 3.05) is 7.11 Å². The number of hydrazone groups is 1. The summed E-state index contributed by atoms with van der Waals surface area (Å²) in [6.07, 6.45) is 2.97. The maximum atomic E-state index is 5.31. The first-order chi connectivity index (χ1) is 11.2. The monoisotopic (exact) mass is 323 g/mol. The SMILES string of the molecule is CCc1ccc2c(c1)C1(C=N2)NN=C(c2cccc(OC)c2)S1. The van der Waals surface area contributed by atoms with Gasteiger partial charge in [0.25, 0.3) is 0 Å². The number of aryl methyl sites for hydroxylation is 1. The van der Waals surface area contributed by atoms with Crippen LogP contribution >= 0.6 is 11.8 Å². The molecule has 0 saturated carbocycles. The summed E-state index contributed by atoms with van der Waals surface area (Å²) in [6, 6.07) is 14.4. The Kier molecular flexibility index (Phi) is 3.38. The van der Waals surface area contributed by atoms with Crippen LogP contribution in [0.2, 0.25) is 0 Å². The van der Waals surface area contributed by atoms with E-state index in [4.69, 9.17) is 4.74 Å². The number of hydrogen-bond acceptors (Lipinski definition) is 5. The molecule has 1 unspecified atom stereocenters. The molecule has 4 nitrogen and oxygen atoms in total. The Hall–Kier alpha value is -2.27. The summed E-state index contributed by atoms with van der Waals surface area (Å²) in [5, 5.41) is 5.50. The summed E-state index contributed by atoms with van der Waals surface area (Å²) in [5.41, 5.74) is 7.85. The average Bonchev–Trinajstić information content (AvgIpc) is 3.20. The fraction of sp³-hybridized carbons (Fsp3) is 0.222. The number of aliphatic imine (C=N–C) groups is 1. The number of nitrogens with one attached hydrogen (secondary N) is 1. The smallest absolute Gasteiger partial charge is 0.168 e. The number of hydrogen-bond donors (Lipinski definition) is 1. The van der Waals surface area contributed by atoms with E-state index in [0.717, 1.165) is 28.5 Å². The van der Waals surface area contributed by atoms with Crippen LogP contribution in [0, 0.1) is 0 Å². The van der Waals surface area contributed by atoms with Crippen LogP contribution in [-0.4, -0.2) is 18.4 Å². The Morgan fingerprint density at radius 1 is 1.22 bits per heavy atom. The molecule has 0 saturated heterocycles. The number of benzene rings is 2. The van der Waals surface area contributed by atoms with Crippen LogP contribution in [-0.2, 0) is 11.3 Å². The van der Waals surface area contributed by atoms with E-state index in [9.17, 15) is 0 Å². The van der Waals surface area contributed by atoms with Gasteiger partial charge in [0.2, 0.25) is 0 Å².